The Balaban J connectivity index is 0.000000220. The zero-order chi connectivity index (χ0) is 30.4. The second-order valence-electron chi connectivity index (χ2n) is 11.1. The van der Waals surface area contributed by atoms with Crippen molar-refractivity contribution < 1.29 is 17.8 Å². The van der Waals surface area contributed by atoms with Crippen molar-refractivity contribution in [2.24, 2.45) is 5.92 Å². The molecule has 1 unspecified atom stereocenters. The molecule has 0 spiro atoms. The fraction of sp³-hybridized carbons (Fsp3) is 0.286. The first-order chi connectivity index (χ1) is 20.8. The number of aromatic nitrogens is 1. The minimum atomic E-state index is -4.13. The average Bonchev–Trinajstić information content (AvgIpc) is 3.38. The van der Waals surface area contributed by atoms with Crippen LogP contribution in [-0.4, -0.2) is 37.0 Å². The molecule has 4 aromatic carbocycles. The van der Waals surface area contributed by atoms with Crippen LogP contribution in [0.3, 0.4) is 0 Å². The topological polar surface area (TPSA) is 111 Å². The van der Waals surface area contributed by atoms with E-state index < -0.39 is 10.1 Å². The van der Waals surface area contributed by atoms with E-state index in [9.17, 15) is 13.2 Å². The van der Waals surface area contributed by atoms with Gasteiger partial charge < -0.3 is 15.6 Å². The van der Waals surface area contributed by atoms with Crippen LogP contribution in [0.5, 0.6) is 0 Å². The van der Waals surface area contributed by atoms with Crippen LogP contribution in [0.15, 0.2) is 89.8 Å². The number of hydrogen-bond acceptors (Lipinski definition) is 4. The van der Waals surface area contributed by atoms with Gasteiger partial charge in [0.15, 0.2) is 0 Å². The first-order valence-electron chi connectivity index (χ1n) is 15.0. The van der Waals surface area contributed by atoms with Crippen LogP contribution in [0, 0.1) is 5.92 Å². The maximum atomic E-state index is 12.7. The molecule has 5 aromatic rings. The summed E-state index contributed by atoms with van der Waals surface area (Å²) in [5.41, 5.74) is 6.71. The summed E-state index contributed by atoms with van der Waals surface area (Å²) in [5, 5.41) is 9.24. The number of H-pyrrole nitrogens is 1. The number of aryl methyl sites for hydroxylation is 2. The van der Waals surface area contributed by atoms with E-state index in [1.807, 2.05) is 30.3 Å². The van der Waals surface area contributed by atoms with E-state index in [1.165, 1.54) is 46.6 Å². The molecule has 4 N–H and O–H groups in total. The average molecular weight is 598 g/mol. The van der Waals surface area contributed by atoms with Gasteiger partial charge in [-0.1, -0.05) is 62.4 Å². The molecule has 0 fully saturated rings. The fourth-order valence-electron chi connectivity index (χ4n) is 5.78. The van der Waals surface area contributed by atoms with E-state index in [2.05, 4.69) is 47.7 Å². The van der Waals surface area contributed by atoms with Gasteiger partial charge in [0.25, 0.3) is 16.0 Å². The smallest absolute Gasteiger partial charge is 0.295 e. The fourth-order valence-corrected chi connectivity index (χ4v) is 6.49. The van der Waals surface area contributed by atoms with Gasteiger partial charge in [0.2, 0.25) is 0 Å². The maximum absolute atomic E-state index is 12.7. The number of nitrogens with one attached hydrogen (secondary N) is 3. The Labute approximate surface area is 253 Å². The summed E-state index contributed by atoms with van der Waals surface area (Å²) in [6, 6.07) is 25.9. The van der Waals surface area contributed by atoms with Crippen LogP contribution in [0.25, 0.3) is 21.7 Å². The third kappa shape index (κ3) is 7.33. The van der Waals surface area contributed by atoms with Crippen molar-refractivity contribution in [3.05, 3.63) is 107 Å². The van der Waals surface area contributed by atoms with E-state index in [0.717, 1.165) is 43.4 Å². The predicted octanol–water partition coefficient (Wildman–Crippen LogP) is 7.17. The summed E-state index contributed by atoms with van der Waals surface area (Å²) in [6.07, 6.45) is 5.54. The number of carbonyl (C=O) groups is 1. The molecule has 7 nitrogen and oxygen atoms in total. The molecule has 1 amide bonds. The van der Waals surface area contributed by atoms with E-state index in [0.29, 0.717) is 16.9 Å². The molecule has 1 aromatic heterocycles. The lowest BCUT2D eigenvalue weighted by Gasteiger charge is -2.22. The molecular formula is C35H39N3O4S. The SMILES string of the molecule is CCCNCC1CCc2[nH]c3ccc(NC(=O)c4cccc(CC)c4)cc3c2C1.O=S(=O)(O)c1cccc2ccccc12. The van der Waals surface area contributed by atoms with E-state index >= 15 is 0 Å². The Morgan fingerprint density at radius 2 is 1.74 bits per heavy atom. The molecule has 1 aliphatic carbocycles. The summed E-state index contributed by atoms with van der Waals surface area (Å²) in [7, 11) is -4.13. The minimum absolute atomic E-state index is 0.0457. The summed E-state index contributed by atoms with van der Waals surface area (Å²) in [4.78, 5) is 16.3. The van der Waals surface area contributed by atoms with Crippen molar-refractivity contribution in [2.45, 2.75) is 50.8 Å². The molecule has 1 aliphatic rings. The molecule has 0 saturated heterocycles. The summed E-state index contributed by atoms with van der Waals surface area (Å²) in [6.45, 7) is 6.49. The van der Waals surface area contributed by atoms with Crippen LogP contribution in [0.2, 0.25) is 0 Å². The molecule has 0 radical (unpaired) electrons. The molecule has 6 rings (SSSR count). The lowest BCUT2D eigenvalue weighted by molar-refractivity contribution is 0.102. The maximum Gasteiger partial charge on any atom is 0.295 e. The van der Waals surface area contributed by atoms with Crippen molar-refractivity contribution in [1.29, 1.82) is 0 Å². The number of carbonyl (C=O) groups excluding carboxylic acids is 1. The highest BCUT2D eigenvalue weighted by atomic mass is 32.2. The number of benzene rings is 4. The van der Waals surface area contributed by atoms with Crippen molar-refractivity contribution >= 4 is 43.4 Å². The second kappa shape index (κ2) is 13.5. The Kier molecular flexibility index (Phi) is 9.60. The summed E-state index contributed by atoms with van der Waals surface area (Å²) in [5.74, 6) is 0.633. The standard InChI is InChI=1S/C25H31N3O.C10H8O3S/c1-3-12-26-16-18-8-10-23-21(14-18)22-15-20(9-11-24(22)28-23)27-25(29)19-7-5-6-17(4-2)13-19;11-14(12,13)10-7-3-5-8-4-1-2-6-9(8)10/h5-7,9,11,13,15,18,26,28H,3-4,8,10,12,14,16H2,1-2H3,(H,27,29);1-7H,(H,11,12,13). The molecule has 224 valence electrons. The van der Waals surface area contributed by atoms with Gasteiger partial charge in [-0.2, -0.15) is 8.42 Å². The third-order valence-electron chi connectivity index (χ3n) is 8.03. The number of aromatic amines is 1. The number of amides is 1. The Morgan fingerprint density at radius 1 is 0.953 bits per heavy atom. The lowest BCUT2D eigenvalue weighted by atomic mass is 9.86. The van der Waals surface area contributed by atoms with Crippen LogP contribution >= 0.6 is 0 Å². The number of rotatable bonds is 8. The van der Waals surface area contributed by atoms with Crippen molar-refractivity contribution in [2.75, 3.05) is 18.4 Å². The van der Waals surface area contributed by atoms with Gasteiger partial charge in [-0.3, -0.25) is 9.35 Å². The quantitative estimate of drug-likeness (QED) is 0.112. The number of fused-ring (bicyclic) bond motifs is 4. The van der Waals surface area contributed by atoms with Crippen molar-refractivity contribution in [3.8, 4) is 0 Å². The molecule has 0 aliphatic heterocycles. The molecule has 0 saturated carbocycles. The van der Waals surface area contributed by atoms with E-state index in [4.69, 9.17) is 4.55 Å². The van der Waals surface area contributed by atoms with Crippen LogP contribution in [-0.2, 0) is 29.4 Å². The Hall–Kier alpha value is -3.98. The highest BCUT2D eigenvalue weighted by molar-refractivity contribution is 7.86. The zero-order valence-electron chi connectivity index (χ0n) is 24.7. The number of hydrogen-bond donors (Lipinski definition) is 4. The van der Waals surface area contributed by atoms with Gasteiger partial charge in [-0.25, -0.2) is 0 Å². The largest absolute Gasteiger partial charge is 0.358 e. The summed E-state index contributed by atoms with van der Waals surface area (Å²) < 4.78 is 31.0. The molecule has 43 heavy (non-hydrogen) atoms. The van der Waals surface area contributed by atoms with Gasteiger partial charge in [-0.15, -0.1) is 0 Å². The molecule has 1 heterocycles. The van der Waals surface area contributed by atoms with E-state index in [-0.39, 0.29) is 10.8 Å². The first-order valence-corrected chi connectivity index (χ1v) is 16.4. The van der Waals surface area contributed by atoms with Crippen LogP contribution < -0.4 is 10.6 Å². The molecule has 0 bridgehead atoms. The minimum Gasteiger partial charge on any atom is -0.358 e. The van der Waals surface area contributed by atoms with Crippen LogP contribution in [0.4, 0.5) is 5.69 Å². The molecule has 8 heteroatoms. The highest BCUT2D eigenvalue weighted by Gasteiger charge is 2.22. The van der Waals surface area contributed by atoms with Gasteiger partial charge in [0, 0.05) is 33.2 Å². The highest BCUT2D eigenvalue weighted by Crippen LogP contribution is 2.33. The normalized spacial score (nSPS) is 14.6. The Bertz CT molecular complexity index is 1840. The molecular weight excluding hydrogens is 558 g/mol. The first kappa shape index (κ1) is 30.5. The van der Waals surface area contributed by atoms with Crippen LogP contribution in [0.1, 0.15) is 53.9 Å². The number of anilines is 1. The van der Waals surface area contributed by atoms with Gasteiger partial charge >= 0.3 is 0 Å². The monoisotopic (exact) mass is 597 g/mol. The van der Waals surface area contributed by atoms with Gasteiger partial charge in [0.1, 0.15) is 4.90 Å². The molecule has 1 atom stereocenters. The zero-order valence-corrected chi connectivity index (χ0v) is 25.5. The third-order valence-corrected chi connectivity index (χ3v) is 8.94. The lowest BCUT2D eigenvalue weighted by Crippen LogP contribution is -2.27. The Morgan fingerprint density at radius 3 is 2.53 bits per heavy atom. The van der Waals surface area contributed by atoms with Gasteiger partial charge in [-0.05, 0) is 104 Å². The predicted molar refractivity (Wildman–Crippen MR) is 175 cm³/mol. The summed E-state index contributed by atoms with van der Waals surface area (Å²) >= 11 is 0. The van der Waals surface area contributed by atoms with Crippen molar-refractivity contribution in [1.82, 2.24) is 10.3 Å². The van der Waals surface area contributed by atoms with Crippen molar-refractivity contribution in [3.63, 3.8) is 0 Å². The van der Waals surface area contributed by atoms with E-state index in [1.54, 1.807) is 30.3 Å². The van der Waals surface area contributed by atoms with Gasteiger partial charge in [0.05, 0.1) is 0 Å². The second-order valence-corrected chi connectivity index (χ2v) is 12.5.